The Morgan fingerprint density at radius 2 is 1.35 bits per heavy atom. The van der Waals surface area contributed by atoms with E-state index in [9.17, 15) is 9.59 Å². The second kappa shape index (κ2) is 5.32. The van der Waals surface area contributed by atoms with Crippen molar-refractivity contribution in [3.63, 3.8) is 0 Å². The lowest BCUT2D eigenvalue weighted by Crippen LogP contribution is -2.34. The fraction of sp³-hybridized carbons (Fsp3) is 0.263. The molecule has 0 N–H and O–H groups in total. The molecule has 4 heteroatoms. The van der Waals surface area contributed by atoms with Crippen LogP contribution in [-0.2, 0) is 19.9 Å². The third-order valence-electron chi connectivity index (χ3n) is 4.63. The summed E-state index contributed by atoms with van der Waals surface area (Å²) in [6, 6.07) is 20.0. The standard InChI is InChI=1S/C19H17NO3/c21-17-11-12-18(22)20(17)13-16-19(23-16,14-7-3-1-4-8-14)15-9-5-2-6-10-15/h1-10,16H,11-13H2. The zero-order chi connectivity index (χ0) is 15.9. The number of benzene rings is 2. The van der Waals surface area contributed by atoms with Crippen LogP contribution in [0.25, 0.3) is 0 Å². The highest BCUT2D eigenvalue weighted by Crippen LogP contribution is 2.52. The molecule has 0 aromatic heterocycles. The number of amides is 2. The summed E-state index contributed by atoms with van der Waals surface area (Å²) in [5.74, 6) is -0.193. The topological polar surface area (TPSA) is 49.9 Å². The van der Waals surface area contributed by atoms with Crippen LogP contribution in [0.15, 0.2) is 60.7 Å². The van der Waals surface area contributed by atoms with Crippen LogP contribution in [0.2, 0.25) is 0 Å². The Bertz CT molecular complexity index is 686. The first-order valence-electron chi connectivity index (χ1n) is 7.84. The third kappa shape index (κ3) is 2.26. The molecule has 0 saturated carbocycles. The van der Waals surface area contributed by atoms with Crippen molar-refractivity contribution in [3.8, 4) is 0 Å². The van der Waals surface area contributed by atoms with Crippen molar-refractivity contribution in [1.29, 1.82) is 0 Å². The molecular weight excluding hydrogens is 290 g/mol. The van der Waals surface area contributed by atoms with Gasteiger partial charge in [-0.05, 0) is 11.1 Å². The molecule has 2 aromatic carbocycles. The second-order valence-electron chi connectivity index (χ2n) is 5.97. The minimum atomic E-state index is -0.564. The van der Waals surface area contributed by atoms with E-state index in [2.05, 4.69) is 0 Å². The van der Waals surface area contributed by atoms with E-state index in [4.69, 9.17) is 4.74 Å². The lowest BCUT2D eigenvalue weighted by molar-refractivity contribution is -0.138. The highest BCUT2D eigenvalue weighted by atomic mass is 16.6. The Balaban J connectivity index is 1.67. The van der Waals surface area contributed by atoms with Gasteiger partial charge in [0, 0.05) is 12.8 Å². The molecule has 4 nitrogen and oxygen atoms in total. The van der Waals surface area contributed by atoms with E-state index >= 15 is 0 Å². The van der Waals surface area contributed by atoms with Crippen LogP contribution in [0.3, 0.4) is 0 Å². The van der Waals surface area contributed by atoms with Gasteiger partial charge < -0.3 is 4.74 Å². The summed E-state index contributed by atoms with van der Waals surface area (Å²) in [7, 11) is 0. The van der Waals surface area contributed by atoms with Crippen LogP contribution in [0.1, 0.15) is 24.0 Å². The molecule has 1 atom stereocenters. The maximum absolute atomic E-state index is 11.9. The van der Waals surface area contributed by atoms with Crippen molar-refractivity contribution in [1.82, 2.24) is 4.90 Å². The Morgan fingerprint density at radius 3 is 1.83 bits per heavy atom. The van der Waals surface area contributed by atoms with Crippen LogP contribution in [0.5, 0.6) is 0 Å². The average molecular weight is 307 g/mol. The molecule has 2 amide bonds. The molecule has 2 aliphatic heterocycles. The molecule has 0 aliphatic carbocycles. The van der Waals surface area contributed by atoms with Gasteiger partial charge in [0.1, 0.15) is 11.7 Å². The van der Waals surface area contributed by atoms with E-state index in [1.807, 2.05) is 60.7 Å². The van der Waals surface area contributed by atoms with Gasteiger partial charge in [-0.25, -0.2) is 0 Å². The van der Waals surface area contributed by atoms with Crippen LogP contribution < -0.4 is 0 Å². The second-order valence-corrected chi connectivity index (χ2v) is 5.97. The number of carbonyl (C=O) groups excluding carboxylic acids is 2. The summed E-state index contributed by atoms with van der Waals surface area (Å²) in [6.45, 7) is 0.321. The van der Waals surface area contributed by atoms with Crippen LogP contribution in [0, 0.1) is 0 Å². The minimum Gasteiger partial charge on any atom is -0.354 e. The average Bonchev–Trinajstić information content (AvgIpc) is 3.25. The molecule has 0 bridgehead atoms. The van der Waals surface area contributed by atoms with Gasteiger partial charge in [-0.1, -0.05) is 60.7 Å². The summed E-state index contributed by atoms with van der Waals surface area (Å²) in [5, 5.41) is 0. The SMILES string of the molecule is O=C1CCC(=O)N1CC1OC1(c1ccccc1)c1ccccc1. The van der Waals surface area contributed by atoms with Gasteiger partial charge >= 0.3 is 0 Å². The van der Waals surface area contributed by atoms with Crippen molar-refractivity contribution in [2.24, 2.45) is 0 Å². The number of likely N-dealkylation sites (tertiary alicyclic amines) is 1. The third-order valence-corrected chi connectivity index (χ3v) is 4.63. The Hall–Kier alpha value is -2.46. The smallest absolute Gasteiger partial charge is 0.229 e. The Kier molecular flexibility index (Phi) is 3.27. The predicted octanol–water partition coefficient (Wildman–Crippen LogP) is 2.48. The zero-order valence-electron chi connectivity index (χ0n) is 12.6. The molecule has 2 aromatic rings. The molecule has 116 valence electrons. The van der Waals surface area contributed by atoms with E-state index in [1.165, 1.54) is 4.90 Å². The molecule has 2 fully saturated rings. The summed E-state index contributed by atoms with van der Waals surface area (Å²) >= 11 is 0. The number of nitrogens with zero attached hydrogens (tertiary/aromatic N) is 1. The van der Waals surface area contributed by atoms with E-state index in [-0.39, 0.29) is 17.9 Å². The molecular formula is C19H17NO3. The summed E-state index contributed by atoms with van der Waals surface area (Å²) < 4.78 is 6.09. The summed E-state index contributed by atoms with van der Waals surface area (Å²) in [5.41, 5.74) is 1.54. The van der Waals surface area contributed by atoms with Gasteiger partial charge in [-0.15, -0.1) is 0 Å². The highest BCUT2D eigenvalue weighted by molar-refractivity contribution is 6.02. The fourth-order valence-corrected chi connectivity index (χ4v) is 3.39. The zero-order valence-corrected chi connectivity index (χ0v) is 12.6. The Morgan fingerprint density at radius 1 is 0.870 bits per heavy atom. The first kappa shape index (κ1) is 14.2. The van der Waals surface area contributed by atoms with Gasteiger partial charge in [-0.2, -0.15) is 0 Å². The first-order chi connectivity index (χ1) is 11.2. The monoisotopic (exact) mass is 307 g/mol. The van der Waals surface area contributed by atoms with Crippen molar-refractivity contribution >= 4 is 11.8 Å². The number of epoxide rings is 1. The number of imide groups is 1. The van der Waals surface area contributed by atoms with Crippen LogP contribution in [0.4, 0.5) is 0 Å². The number of hydrogen-bond donors (Lipinski definition) is 0. The normalized spacial score (nSPS) is 22.4. The van der Waals surface area contributed by atoms with Crippen molar-refractivity contribution in [2.45, 2.75) is 24.5 Å². The lowest BCUT2D eigenvalue weighted by atomic mass is 9.88. The fourth-order valence-electron chi connectivity index (χ4n) is 3.39. The van der Waals surface area contributed by atoms with Gasteiger partial charge in [0.2, 0.25) is 11.8 Å². The molecule has 4 rings (SSSR count). The Labute approximate surface area is 134 Å². The molecule has 0 spiro atoms. The van der Waals surface area contributed by atoms with E-state index in [0.717, 1.165) is 11.1 Å². The molecule has 23 heavy (non-hydrogen) atoms. The van der Waals surface area contributed by atoms with E-state index < -0.39 is 5.60 Å². The van der Waals surface area contributed by atoms with Crippen LogP contribution in [-0.4, -0.2) is 29.4 Å². The van der Waals surface area contributed by atoms with Gasteiger partial charge in [0.05, 0.1) is 6.54 Å². The maximum atomic E-state index is 11.9. The van der Waals surface area contributed by atoms with Gasteiger partial charge in [0.15, 0.2) is 0 Å². The number of hydrogen-bond acceptors (Lipinski definition) is 3. The van der Waals surface area contributed by atoms with Crippen molar-refractivity contribution in [3.05, 3.63) is 71.8 Å². The number of carbonyl (C=O) groups is 2. The lowest BCUT2D eigenvalue weighted by Gasteiger charge is -2.17. The molecule has 2 heterocycles. The molecule has 2 aliphatic rings. The molecule has 2 saturated heterocycles. The van der Waals surface area contributed by atoms with Crippen molar-refractivity contribution < 1.29 is 14.3 Å². The van der Waals surface area contributed by atoms with Crippen molar-refractivity contribution in [2.75, 3.05) is 6.54 Å². The minimum absolute atomic E-state index is 0.0967. The quantitative estimate of drug-likeness (QED) is 0.644. The van der Waals surface area contributed by atoms with Crippen LogP contribution >= 0.6 is 0 Å². The summed E-state index contributed by atoms with van der Waals surface area (Å²) in [6.07, 6.45) is 0.433. The molecule has 1 unspecified atom stereocenters. The van der Waals surface area contributed by atoms with Gasteiger partial charge in [0.25, 0.3) is 0 Å². The van der Waals surface area contributed by atoms with E-state index in [0.29, 0.717) is 19.4 Å². The summed E-state index contributed by atoms with van der Waals surface area (Å²) in [4.78, 5) is 25.1. The highest BCUT2D eigenvalue weighted by Gasteiger charge is 2.60. The predicted molar refractivity (Wildman–Crippen MR) is 84.5 cm³/mol. The number of rotatable bonds is 4. The maximum Gasteiger partial charge on any atom is 0.229 e. The van der Waals surface area contributed by atoms with Gasteiger partial charge in [-0.3, -0.25) is 14.5 Å². The molecule has 0 radical (unpaired) electrons. The number of ether oxygens (including phenoxy) is 1. The van der Waals surface area contributed by atoms with E-state index in [1.54, 1.807) is 0 Å². The largest absolute Gasteiger partial charge is 0.354 e. The first-order valence-corrected chi connectivity index (χ1v) is 7.84.